The summed E-state index contributed by atoms with van der Waals surface area (Å²) in [7, 11) is -4.06. The van der Waals surface area contributed by atoms with Gasteiger partial charge in [-0.2, -0.15) is 4.31 Å². The molecule has 3 aliphatic heterocycles. The zero-order valence-corrected chi connectivity index (χ0v) is 34.6. The smallest absolute Gasteiger partial charge is 0.407 e. The van der Waals surface area contributed by atoms with Crippen molar-refractivity contribution in [3.63, 3.8) is 0 Å². The molecular formula is C45H53ClN4O6S. The van der Waals surface area contributed by atoms with Crippen LogP contribution >= 0.6 is 11.6 Å². The first-order valence-corrected chi connectivity index (χ1v) is 22.2. The third kappa shape index (κ3) is 8.97. The van der Waals surface area contributed by atoms with Crippen LogP contribution in [0.25, 0.3) is 21.9 Å². The van der Waals surface area contributed by atoms with Crippen molar-refractivity contribution in [3.05, 3.63) is 95.5 Å². The van der Waals surface area contributed by atoms with Gasteiger partial charge >= 0.3 is 6.09 Å². The fraction of sp³-hybridized carbons (Fsp3) is 0.467. The fourth-order valence-corrected chi connectivity index (χ4v) is 11.0. The number of piperidine rings is 1. The number of carbonyl (C=O) groups is 2. The molecular weight excluding hydrogens is 760 g/mol. The fourth-order valence-electron chi connectivity index (χ4n) is 9.23. The third-order valence-electron chi connectivity index (χ3n) is 11.9. The summed E-state index contributed by atoms with van der Waals surface area (Å²) in [6, 6.07) is 25.9. The van der Waals surface area contributed by atoms with Crippen molar-refractivity contribution in [1.82, 2.24) is 19.4 Å². The second-order valence-corrected chi connectivity index (χ2v) is 19.5. The van der Waals surface area contributed by atoms with Gasteiger partial charge in [-0.25, -0.2) is 13.2 Å². The maximum atomic E-state index is 14.9. The molecule has 2 bridgehead atoms. The number of alkyl carbamates (subject to hydrolysis) is 1. The molecule has 57 heavy (non-hydrogen) atoms. The van der Waals surface area contributed by atoms with Gasteiger partial charge in [-0.05, 0) is 136 Å². The zero-order chi connectivity index (χ0) is 39.9. The number of sulfonamides is 1. The molecule has 4 aromatic rings. The number of piperazine rings is 1. The maximum Gasteiger partial charge on any atom is 0.407 e. The molecule has 1 N–H and O–H groups in total. The predicted molar refractivity (Wildman–Crippen MR) is 223 cm³/mol. The number of nitrogens with one attached hydrogen (secondary N) is 1. The molecule has 3 heterocycles. The molecule has 0 radical (unpaired) electrons. The highest BCUT2D eigenvalue weighted by Crippen LogP contribution is 2.38. The number of ether oxygens (including phenoxy) is 2. The van der Waals surface area contributed by atoms with E-state index in [2.05, 4.69) is 34.5 Å². The number of fused-ring (bicyclic) bond motifs is 3. The minimum atomic E-state index is -4.06. The molecule has 0 aromatic heterocycles. The Bertz CT molecular complexity index is 2190. The minimum Gasteiger partial charge on any atom is -0.490 e. The lowest BCUT2D eigenvalue weighted by molar-refractivity contribution is -0.142. The lowest BCUT2D eigenvalue weighted by atomic mass is 9.96. The van der Waals surface area contributed by atoms with E-state index in [0.717, 1.165) is 58.9 Å². The molecule has 2 unspecified atom stereocenters. The van der Waals surface area contributed by atoms with Crippen molar-refractivity contribution in [2.45, 2.75) is 119 Å². The highest BCUT2D eigenvalue weighted by atomic mass is 35.5. The number of halogens is 1. The minimum absolute atomic E-state index is 0.0992. The second kappa shape index (κ2) is 16.2. The molecule has 1 aliphatic carbocycles. The SMILES string of the molecule is CC(C)(C)OC(=O)NC1CC2CCC(C1)N2C(=O)[C@@H]1CN(Cc2ccc(-c3ccc(Cl)cc3)cc2)CCN1S(=O)(=O)c1ccc2cc(OC3CCCC3)ccc2c1. The Morgan fingerprint density at radius 1 is 0.807 bits per heavy atom. The monoisotopic (exact) mass is 812 g/mol. The van der Waals surface area contributed by atoms with E-state index in [1.807, 2.05) is 74.2 Å². The molecule has 1 saturated carbocycles. The number of hydrogen-bond donors (Lipinski definition) is 1. The highest BCUT2D eigenvalue weighted by molar-refractivity contribution is 7.89. The molecule has 0 spiro atoms. The number of nitrogens with zero attached hydrogens (tertiary/aromatic N) is 3. The van der Waals surface area contributed by atoms with Crippen LogP contribution in [-0.2, 0) is 26.1 Å². The maximum absolute atomic E-state index is 14.9. The van der Waals surface area contributed by atoms with Crippen molar-refractivity contribution in [1.29, 1.82) is 0 Å². The standard InChI is InChI=1S/C45H53ClN4O6S/c1-45(2,3)56-44(52)47-36-26-37-18-19-38(27-36)50(37)43(51)42-29-48(28-30-8-10-31(11-9-30)32-12-16-35(46)17-13-32)22-23-49(42)57(53,54)41-21-15-33-24-40(20-14-34(33)25-41)55-39-6-4-5-7-39/h8-17,20-21,24-25,36-39,42H,4-7,18-19,22-23,26-29H2,1-3H3,(H,47,52)/t36?,37?,38?,42-/m0/s1. The molecule has 8 rings (SSSR count). The van der Waals surface area contributed by atoms with Crippen LogP contribution in [0.3, 0.4) is 0 Å². The molecule has 4 aliphatic rings. The summed E-state index contributed by atoms with van der Waals surface area (Å²) in [5.74, 6) is 0.630. The van der Waals surface area contributed by atoms with Crippen LogP contribution in [0, 0.1) is 0 Å². The van der Waals surface area contributed by atoms with Gasteiger partial charge in [-0.3, -0.25) is 9.69 Å². The Labute approximate surface area is 341 Å². The number of rotatable bonds is 9. The average Bonchev–Trinajstić information content (AvgIpc) is 3.79. The molecule has 10 nitrogen and oxygen atoms in total. The molecule has 2 amide bonds. The van der Waals surface area contributed by atoms with Gasteiger partial charge in [0.2, 0.25) is 15.9 Å². The quantitative estimate of drug-likeness (QED) is 0.181. The third-order valence-corrected chi connectivity index (χ3v) is 14.1. The van der Waals surface area contributed by atoms with Crippen LogP contribution in [0.4, 0.5) is 4.79 Å². The van der Waals surface area contributed by atoms with E-state index in [4.69, 9.17) is 21.1 Å². The van der Waals surface area contributed by atoms with Gasteiger partial charge in [0.15, 0.2) is 0 Å². The average molecular weight is 813 g/mol. The molecule has 4 fully saturated rings. The molecule has 3 saturated heterocycles. The summed E-state index contributed by atoms with van der Waals surface area (Å²) in [4.78, 5) is 31.9. The van der Waals surface area contributed by atoms with E-state index in [9.17, 15) is 18.0 Å². The van der Waals surface area contributed by atoms with Crippen molar-refractivity contribution >= 4 is 44.4 Å². The Morgan fingerprint density at radius 3 is 2.11 bits per heavy atom. The van der Waals surface area contributed by atoms with Crippen LogP contribution < -0.4 is 10.1 Å². The van der Waals surface area contributed by atoms with E-state index in [-0.39, 0.29) is 48.1 Å². The summed E-state index contributed by atoms with van der Waals surface area (Å²) in [6.45, 7) is 7.01. The summed E-state index contributed by atoms with van der Waals surface area (Å²) >= 11 is 6.11. The number of carbonyl (C=O) groups excluding carboxylic acids is 2. The first-order valence-electron chi connectivity index (χ1n) is 20.4. The van der Waals surface area contributed by atoms with Gasteiger partial charge in [-0.1, -0.05) is 60.1 Å². The van der Waals surface area contributed by atoms with Gasteiger partial charge in [0.25, 0.3) is 0 Å². The topological polar surface area (TPSA) is 108 Å². The van der Waals surface area contributed by atoms with Crippen LogP contribution in [0.5, 0.6) is 5.75 Å². The Kier molecular flexibility index (Phi) is 11.3. The number of amides is 2. The molecule has 4 aromatic carbocycles. The summed E-state index contributed by atoms with van der Waals surface area (Å²) in [5, 5.41) is 5.43. The van der Waals surface area contributed by atoms with Gasteiger partial charge < -0.3 is 19.7 Å². The Hall–Kier alpha value is -4.16. The van der Waals surface area contributed by atoms with Crippen molar-refractivity contribution < 1.29 is 27.5 Å². The molecule has 3 atom stereocenters. The van der Waals surface area contributed by atoms with Crippen molar-refractivity contribution in [2.75, 3.05) is 19.6 Å². The van der Waals surface area contributed by atoms with E-state index in [1.54, 1.807) is 12.1 Å². The van der Waals surface area contributed by atoms with Gasteiger partial charge in [0.1, 0.15) is 17.4 Å². The summed E-state index contributed by atoms with van der Waals surface area (Å²) in [5.41, 5.74) is 2.61. The predicted octanol–water partition coefficient (Wildman–Crippen LogP) is 8.40. The number of benzene rings is 4. The van der Waals surface area contributed by atoms with E-state index in [0.29, 0.717) is 31.0 Å². The first-order chi connectivity index (χ1) is 27.3. The van der Waals surface area contributed by atoms with Crippen molar-refractivity contribution in [3.8, 4) is 16.9 Å². The summed E-state index contributed by atoms with van der Waals surface area (Å²) in [6.07, 6.45) is 7.06. The van der Waals surface area contributed by atoms with Crippen LogP contribution in [-0.4, -0.2) is 90.0 Å². The van der Waals surface area contributed by atoms with E-state index < -0.39 is 27.8 Å². The second-order valence-electron chi connectivity index (χ2n) is 17.2. The molecule has 302 valence electrons. The van der Waals surface area contributed by atoms with Gasteiger partial charge in [-0.15, -0.1) is 0 Å². The van der Waals surface area contributed by atoms with Crippen LogP contribution in [0.1, 0.15) is 77.7 Å². The number of hydrogen-bond acceptors (Lipinski definition) is 7. The Balaban J connectivity index is 1.03. The van der Waals surface area contributed by atoms with Gasteiger partial charge in [0.05, 0.1) is 11.0 Å². The van der Waals surface area contributed by atoms with Crippen LogP contribution in [0.2, 0.25) is 5.02 Å². The normalized spacial score (nSPS) is 23.5. The lowest BCUT2D eigenvalue weighted by Gasteiger charge is -2.45. The molecule has 12 heteroatoms. The first kappa shape index (κ1) is 39.7. The largest absolute Gasteiger partial charge is 0.490 e. The highest BCUT2D eigenvalue weighted by Gasteiger charge is 2.49. The van der Waals surface area contributed by atoms with Gasteiger partial charge in [0, 0.05) is 49.3 Å². The van der Waals surface area contributed by atoms with E-state index in [1.165, 1.54) is 17.1 Å². The van der Waals surface area contributed by atoms with E-state index >= 15 is 0 Å². The zero-order valence-electron chi connectivity index (χ0n) is 33.0. The van der Waals surface area contributed by atoms with Crippen molar-refractivity contribution in [2.24, 2.45) is 0 Å². The Morgan fingerprint density at radius 2 is 1.44 bits per heavy atom. The lowest BCUT2D eigenvalue weighted by Crippen LogP contribution is -2.63. The van der Waals surface area contributed by atoms with Crippen LogP contribution in [0.15, 0.2) is 89.8 Å². The summed E-state index contributed by atoms with van der Waals surface area (Å²) < 4.78 is 42.6.